The molecule has 0 fully saturated rings. The van der Waals surface area contributed by atoms with Gasteiger partial charge in [0.05, 0.1) is 23.8 Å². The first kappa shape index (κ1) is 19.1. The van der Waals surface area contributed by atoms with E-state index in [-0.39, 0.29) is 16.3 Å². The molecule has 0 aromatic heterocycles. The van der Waals surface area contributed by atoms with Crippen LogP contribution in [-0.2, 0) is 4.79 Å². The predicted molar refractivity (Wildman–Crippen MR) is 107 cm³/mol. The van der Waals surface area contributed by atoms with Crippen molar-refractivity contribution >= 4 is 79.4 Å². The monoisotopic (exact) mass is 536 g/mol. The quantitative estimate of drug-likeness (QED) is 0.304. The van der Waals surface area contributed by atoms with Gasteiger partial charge in [-0.2, -0.15) is 5.26 Å². The van der Waals surface area contributed by atoms with Gasteiger partial charge in [-0.1, -0.05) is 29.3 Å². The van der Waals surface area contributed by atoms with E-state index < -0.39 is 5.91 Å². The number of aromatic hydroxyl groups is 1. The minimum Gasteiger partial charge on any atom is -0.506 e. The summed E-state index contributed by atoms with van der Waals surface area (Å²) < 4.78 is 1.06. The van der Waals surface area contributed by atoms with Gasteiger partial charge in [-0.05, 0) is 74.4 Å². The lowest BCUT2D eigenvalue weighted by atomic mass is 10.1. The number of carbonyl (C=O) groups is 1. The number of halogens is 4. The Hall–Kier alpha value is -1.27. The maximum Gasteiger partial charge on any atom is 0.266 e. The van der Waals surface area contributed by atoms with Crippen LogP contribution in [-0.4, -0.2) is 11.0 Å². The third-order valence-electron chi connectivity index (χ3n) is 2.92. The van der Waals surface area contributed by atoms with Crippen molar-refractivity contribution in [3.63, 3.8) is 0 Å². The first-order chi connectivity index (χ1) is 11.3. The Morgan fingerprint density at radius 3 is 2.71 bits per heavy atom. The Bertz CT molecular complexity index is 871. The van der Waals surface area contributed by atoms with Crippen molar-refractivity contribution in [3.8, 4) is 11.8 Å². The predicted octanol–water partition coefficient (Wildman–Crippen LogP) is 5.61. The molecule has 0 saturated carbocycles. The van der Waals surface area contributed by atoms with Gasteiger partial charge in [-0.25, -0.2) is 0 Å². The van der Waals surface area contributed by atoms with Gasteiger partial charge in [0.2, 0.25) is 0 Å². The first-order valence-electron chi connectivity index (χ1n) is 6.38. The van der Waals surface area contributed by atoms with Crippen molar-refractivity contribution in [1.29, 1.82) is 5.26 Å². The summed E-state index contributed by atoms with van der Waals surface area (Å²) in [6.45, 7) is 0. The SMILES string of the molecule is N#C/C(=C/c1cc(Br)c(O)c(I)c1)C(=O)Nc1cccc(Cl)c1Cl. The number of phenolic OH excluding ortho intramolecular Hbond substituents is 1. The highest BCUT2D eigenvalue weighted by Gasteiger charge is 2.13. The molecule has 0 radical (unpaired) electrons. The standard InChI is InChI=1S/C16H8BrCl2IN2O2/c17-10-5-8(6-12(20)15(10)23)4-9(7-21)16(24)22-13-3-1-2-11(18)14(13)19/h1-6,23H,(H,22,24)/b9-4-. The molecule has 2 rings (SSSR count). The Labute approximate surface area is 170 Å². The van der Waals surface area contributed by atoms with Gasteiger partial charge < -0.3 is 10.4 Å². The zero-order valence-corrected chi connectivity index (χ0v) is 17.0. The molecule has 8 heteroatoms. The maximum atomic E-state index is 12.3. The highest BCUT2D eigenvalue weighted by Crippen LogP contribution is 2.32. The molecular weight excluding hydrogens is 530 g/mol. The number of phenols is 1. The summed E-state index contributed by atoms with van der Waals surface area (Å²) in [5.74, 6) is -0.512. The number of rotatable bonds is 3. The number of hydrogen-bond donors (Lipinski definition) is 2. The van der Waals surface area contributed by atoms with Crippen LogP contribution in [0.1, 0.15) is 5.56 Å². The molecule has 2 aromatic rings. The van der Waals surface area contributed by atoms with Crippen molar-refractivity contribution in [2.45, 2.75) is 0 Å². The number of nitrogens with zero attached hydrogens (tertiary/aromatic N) is 1. The van der Waals surface area contributed by atoms with Gasteiger partial charge in [0.1, 0.15) is 17.4 Å². The van der Waals surface area contributed by atoms with E-state index in [1.807, 2.05) is 28.7 Å². The summed E-state index contributed by atoms with van der Waals surface area (Å²) in [6, 6.07) is 9.92. The Balaban J connectivity index is 2.33. The molecule has 0 aliphatic rings. The summed E-state index contributed by atoms with van der Waals surface area (Å²) in [7, 11) is 0. The van der Waals surface area contributed by atoms with E-state index in [0.717, 1.165) is 0 Å². The van der Waals surface area contributed by atoms with Crippen molar-refractivity contribution in [3.05, 3.63) is 59.6 Å². The van der Waals surface area contributed by atoms with Crippen LogP contribution in [0.3, 0.4) is 0 Å². The number of amides is 1. The molecule has 4 nitrogen and oxygen atoms in total. The average molecular weight is 538 g/mol. The van der Waals surface area contributed by atoms with E-state index in [9.17, 15) is 15.2 Å². The van der Waals surface area contributed by atoms with Crippen LogP contribution in [0.5, 0.6) is 5.75 Å². The van der Waals surface area contributed by atoms with Crippen LogP contribution in [0.2, 0.25) is 10.0 Å². The maximum absolute atomic E-state index is 12.3. The van der Waals surface area contributed by atoms with E-state index in [4.69, 9.17) is 23.2 Å². The van der Waals surface area contributed by atoms with E-state index in [2.05, 4.69) is 21.2 Å². The molecule has 0 bridgehead atoms. The summed E-state index contributed by atoms with van der Waals surface area (Å²) >= 11 is 17.1. The van der Waals surface area contributed by atoms with Crippen molar-refractivity contribution < 1.29 is 9.90 Å². The van der Waals surface area contributed by atoms with Crippen LogP contribution in [0.4, 0.5) is 5.69 Å². The number of hydrogen-bond acceptors (Lipinski definition) is 3. The van der Waals surface area contributed by atoms with Crippen LogP contribution < -0.4 is 5.32 Å². The largest absolute Gasteiger partial charge is 0.506 e. The van der Waals surface area contributed by atoms with Crippen LogP contribution >= 0.6 is 61.7 Å². The van der Waals surface area contributed by atoms with Gasteiger partial charge in [-0.15, -0.1) is 0 Å². The van der Waals surface area contributed by atoms with Crippen molar-refractivity contribution in [2.75, 3.05) is 5.32 Å². The fourth-order valence-electron chi connectivity index (χ4n) is 1.77. The number of nitrogens with one attached hydrogen (secondary N) is 1. The summed E-state index contributed by atoms with van der Waals surface area (Å²) in [4.78, 5) is 12.3. The van der Waals surface area contributed by atoms with E-state index in [0.29, 0.717) is 24.3 Å². The average Bonchev–Trinajstić information content (AvgIpc) is 2.54. The molecular formula is C16H8BrCl2IN2O2. The zero-order valence-electron chi connectivity index (χ0n) is 11.8. The second-order valence-corrected chi connectivity index (χ2v) is 7.36. The molecule has 24 heavy (non-hydrogen) atoms. The van der Waals surface area contributed by atoms with Gasteiger partial charge in [0.15, 0.2) is 0 Å². The topological polar surface area (TPSA) is 73.1 Å². The highest BCUT2D eigenvalue weighted by atomic mass is 127. The van der Waals surface area contributed by atoms with Gasteiger partial charge in [0.25, 0.3) is 5.91 Å². The third-order valence-corrected chi connectivity index (χ3v) is 5.16. The van der Waals surface area contributed by atoms with E-state index >= 15 is 0 Å². The molecule has 2 aromatic carbocycles. The van der Waals surface area contributed by atoms with Crippen LogP contribution in [0.15, 0.2) is 40.4 Å². The van der Waals surface area contributed by atoms with Gasteiger partial charge in [0, 0.05) is 0 Å². The lowest BCUT2D eigenvalue weighted by Crippen LogP contribution is -2.13. The summed E-state index contributed by atoms with van der Waals surface area (Å²) in [6.07, 6.45) is 1.42. The second-order valence-electron chi connectivity index (χ2n) is 4.56. The van der Waals surface area contributed by atoms with E-state index in [1.54, 1.807) is 30.3 Å². The summed E-state index contributed by atoms with van der Waals surface area (Å²) in [5, 5.41) is 22.0. The van der Waals surface area contributed by atoms with Gasteiger partial charge in [-0.3, -0.25) is 4.79 Å². The summed E-state index contributed by atoms with van der Waals surface area (Å²) in [5.41, 5.74) is 0.796. The Kier molecular flexibility index (Phi) is 6.52. The normalized spacial score (nSPS) is 11.0. The lowest BCUT2D eigenvalue weighted by Gasteiger charge is -2.08. The molecule has 1 amide bonds. The first-order valence-corrected chi connectivity index (χ1v) is 9.01. The smallest absolute Gasteiger partial charge is 0.266 e. The number of nitriles is 1. The Morgan fingerprint density at radius 1 is 1.38 bits per heavy atom. The molecule has 0 spiro atoms. The van der Waals surface area contributed by atoms with Crippen molar-refractivity contribution in [2.24, 2.45) is 0 Å². The number of carbonyl (C=O) groups excluding carboxylic acids is 1. The molecule has 122 valence electrons. The molecule has 2 N–H and O–H groups in total. The fraction of sp³-hybridized carbons (Fsp3) is 0. The molecule has 0 unspecified atom stereocenters. The van der Waals surface area contributed by atoms with Crippen molar-refractivity contribution in [1.82, 2.24) is 0 Å². The Morgan fingerprint density at radius 2 is 2.08 bits per heavy atom. The molecule has 0 saturated heterocycles. The zero-order chi connectivity index (χ0) is 17.9. The molecule has 0 heterocycles. The molecule has 0 atom stereocenters. The number of anilines is 1. The van der Waals surface area contributed by atoms with E-state index in [1.165, 1.54) is 6.08 Å². The minimum absolute atomic E-state index is 0.0985. The second kappa shape index (κ2) is 8.21. The minimum atomic E-state index is -0.610. The van der Waals surface area contributed by atoms with Crippen LogP contribution in [0, 0.1) is 14.9 Å². The molecule has 0 aliphatic heterocycles. The van der Waals surface area contributed by atoms with Gasteiger partial charge >= 0.3 is 0 Å². The molecule has 0 aliphatic carbocycles. The third kappa shape index (κ3) is 4.42. The highest BCUT2D eigenvalue weighted by molar-refractivity contribution is 14.1. The fourth-order valence-corrected chi connectivity index (χ4v) is 3.62. The van der Waals surface area contributed by atoms with Crippen LogP contribution in [0.25, 0.3) is 6.08 Å². The lowest BCUT2D eigenvalue weighted by molar-refractivity contribution is -0.112. The number of benzene rings is 2.